The Kier molecular flexibility index (Phi) is 3.77. The summed E-state index contributed by atoms with van der Waals surface area (Å²) in [6.07, 6.45) is 4.24. The topological polar surface area (TPSA) is 55.8 Å². The van der Waals surface area contributed by atoms with Crippen LogP contribution >= 0.6 is 15.9 Å². The minimum Gasteiger partial charge on any atom is -0.465 e. The number of anilines is 1. The Morgan fingerprint density at radius 3 is 3.00 bits per heavy atom. The van der Waals surface area contributed by atoms with Gasteiger partial charge in [-0.05, 0) is 34.5 Å². The highest BCUT2D eigenvalue weighted by Gasteiger charge is 2.67. The number of fused-ring (bicyclic) bond motifs is 1. The van der Waals surface area contributed by atoms with Crippen LogP contribution < -0.4 is 4.90 Å². The van der Waals surface area contributed by atoms with Gasteiger partial charge in [0.15, 0.2) is 0 Å². The van der Waals surface area contributed by atoms with Crippen molar-refractivity contribution in [2.45, 2.75) is 25.0 Å². The first-order valence-corrected chi connectivity index (χ1v) is 8.96. The largest absolute Gasteiger partial charge is 0.465 e. The highest BCUT2D eigenvalue weighted by Crippen LogP contribution is 2.53. The van der Waals surface area contributed by atoms with Crippen molar-refractivity contribution < 1.29 is 19.1 Å². The molecule has 0 aliphatic carbocycles. The molecule has 6 heteroatoms. The maximum absolute atomic E-state index is 13.1. The molecular weight excluding hydrogens is 374 g/mol. The molecule has 1 amide bonds. The Hall–Kier alpha value is -1.66. The Balaban J connectivity index is 1.67. The summed E-state index contributed by atoms with van der Waals surface area (Å²) in [4.78, 5) is 27.3. The van der Waals surface area contributed by atoms with Gasteiger partial charge < -0.3 is 14.4 Å². The normalized spacial score (nSPS) is 33.2. The SMILES string of the molecule is CCCOC(=O)[C@@H]1[C@H]2C=C[C@@]3(CN(c4ccccc4Br)C(=O)[C@@H]13)O2. The van der Waals surface area contributed by atoms with E-state index in [2.05, 4.69) is 15.9 Å². The van der Waals surface area contributed by atoms with Crippen LogP contribution in [-0.4, -0.2) is 36.7 Å². The summed E-state index contributed by atoms with van der Waals surface area (Å²) < 4.78 is 12.2. The van der Waals surface area contributed by atoms with Crippen molar-refractivity contribution in [3.05, 3.63) is 40.9 Å². The number of amides is 1. The second kappa shape index (κ2) is 5.70. The number of hydrogen-bond donors (Lipinski definition) is 0. The highest BCUT2D eigenvalue weighted by molar-refractivity contribution is 9.10. The smallest absolute Gasteiger partial charge is 0.312 e. The van der Waals surface area contributed by atoms with Gasteiger partial charge in [0, 0.05) is 4.47 Å². The Bertz CT molecular complexity index is 733. The number of ether oxygens (including phenoxy) is 2. The first-order valence-electron chi connectivity index (χ1n) is 8.17. The van der Waals surface area contributed by atoms with Crippen molar-refractivity contribution in [1.82, 2.24) is 0 Å². The van der Waals surface area contributed by atoms with E-state index in [1.54, 1.807) is 4.90 Å². The van der Waals surface area contributed by atoms with Crippen LogP contribution in [0, 0.1) is 11.8 Å². The van der Waals surface area contributed by atoms with E-state index in [4.69, 9.17) is 9.47 Å². The van der Waals surface area contributed by atoms with Crippen LogP contribution in [0.25, 0.3) is 0 Å². The van der Waals surface area contributed by atoms with E-state index < -0.39 is 17.4 Å². The van der Waals surface area contributed by atoms with Crippen molar-refractivity contribution in [1.29, 1.82) is 0 Å². The maximum atomic E-state index is 13.1. The van der Waals surface area contributed by atoms with Crippen LogP contribution in [0.1, 0.15) is 13.3 Å². The molecule has 0 radical (unpaired) electrons. The zero-order valence-corrected chi connectivity index (χ0v) is 14.9. The number of esters is 1. The van der Waals surface area contributed by atoms with Gasteiger partial charge in [0.2, 0.25) is 5.91 Å². The van der Waals surface area contributed by atoms with Crippen molar-refractivity contribution in [2.24, 2.45) is 11.8 Å². The molecule has 2 fully saturated rings. The summed E-state index contributed by atoms with van der Waals surface area (Å²) in [6.45, 7) is 2.73. The fourth-order valence-electron chi connectivity index (χ4n) is 3.94. The third-order valence-electron chi connectivity index (χ3n) is 4.96. The van der Waals surface area contributed by atoms with Gasteiger partial charge in [-0.1, -0.05) is 31.2 Å². The van der Waals surface area contributed by atoms with Crippen LogP contribution in [0.15, 0.2) is 40.9 Å². The molecule has 1 aromatic carbocycles. The highest BCUT2D eigenvalue weighted by atomic mass is 79.9. The fourth-order valence-corrected chi connectivity index (χ4v) is 4.44. The number of halogens is 1. The molecule has 5 nitrogen and oxygen atoms in total. The standard InChI is InChI=1S/C18H18BrNO4/c1-2-9-23-17(22)14-13-7-8-18(24-13)10-20(16(21)15(14)18)12-6-4-3-5-11(12)19/h3-8,13-15H,2,9-10H2,1H3/t13-,14-,15-,18+/m1/s1. The monoisotopic (exact) mass is 391 g/mol. The van der Waals surface area contributed by atoms with Crippen LogP contribution in [0.3, 0.4) is 0 Å². The lowest BCUT2D eigenvalue weighted by atomic mass is 9.77. The van der Waals surface area contributed by atoms with Gasteiger partial charge >= 0.3 is 5.97 Å². The van der Waals surface area contributed by atoms with Crippen molar-refractivity contribution >= 4 is 33.5 Å². The number of carbonyl (C=O) groups is 2. The van der Waals surface area contributed by atoms with E-state index in [0.29, 0.717) is 13.2 Å². The van der Waals surface area contributed by atoms with E-state index in [1.165, 1.54) is 0 Å². The van der Waals surface area contributed by atoms with E-state index >= 15 is 0 Å². The summed E-state index contributed by atoms with van der Waals surface area (Å²) in [5.74, 6) is -1.47. The van der Waals surface area contributed by atoms with Crippen LogP contribution in [0.4, 0.5) is 5.69 Å². The molecule has 2 saturated heterocycles. The third kappa shape index (κ3) is 2.16. The average Bonchev–Trinajstić information content (AvgIpc) is 3.21. The number of carbonyl (C=O) groups excluding carboxylic acids is 2. The minimum atomic E-state index is -0.715. The quantitative estimate of drug-likeness (QED) is 0.584. The first kappa shape index (κ1) is 15.8. The summed E-state index contributed by atoms with van der Waals surface area (Å²) in [5.41, 5.74) is 0.0832. The molecule has 3 aliphatic heterocycles. The molecule has 4 rings (SSSR count). The number of rotatable bonds is 4. The van der Waals surface area contributed by atoms with Crippen LogP contribution in [-0.2, 0) is 19.1 Å². The fraction of sp³-hybridized carbons (Fsp3) is 0.444. The number of benzene rings is 1. The zero-order chi connectivity index (χ0) is 16.9. The zero-order valence-electron chi connectivity index (χ0n) is 13.3. The van der Waals surface area contributed by atoms with E-state index in [0.717, 1.165) is 16.6 Å². The third-order valence-corrected chi connectivity index (χ3v) is 5.63. The van der Waals surface area contributed by atoms with Crippen molar-refractivity contribution in [3.8, 4) is 0 Å². The molecule has 0 unspecified atom stereocenters. The molecule has 4 atom stereocenters. The van der Waals surface area contributed by atoms with Gasteiger partial charge in [-0.2, -0.15) is 0 Å². The van der Waals surface area contributed by atoms with E-state index in [9.17, 15) is 9.59 Å². The Labute approximate surface area is 148 Å². The molecule has 0 aromatic heterocycles. The van der Waals surface area contributed by atoms with Crippen LogP contribution in [0.2, 0.25) is 0 Å². The van der Waals surface area contributed by atoms with E-state index in [1.807, 2.05) is 43.3 Å². The molecule has 126 valence electrons. The molecule has 1 aromatic rings. The molecule has 0 saturated carbocycles. The molecule has 2 bridgehead atoms. The summed E-state index contributed by atoms with van der Waals surface area (Å²) >= 11 is 3.50. The average molecular weight is 392 g/mol. The van der Waals surface area contributed by atoms with Gasteiger partial charge in [0.25, 0.3) is 0 Å². The Morgan fingerprint density at radius 1 is 1.46 bits per heavy atom. The van der Waals surface area contributed by atoms with Crippen LogP contribution in [0.5, 0.6) is 0 Å². The second-order valence-electron chi connectivity index (χ2n) is 6.44. The van der Waals surface area contributed by atoms with Gasteiger partial charge in [0.1, 0.15) is 11.5 Å². The maximum Gasteiger partial charge on any atom is 0.312 e. The van der Waals surface area contributed by atoms with Gasteiger partial charge in [0.05, 0.1) is 30.9 Å². The molecular formula is C18H18BrNO4. The second-order valence-corrected chi connectivity index (χ2v) is 7.30. The number of hydrogen-bond acceptors (Lipinski definition) is 4. The van der Waals surface area contributed by atoms with E-state index in [-0.39, 0.29) is 18.0 Å². The van der Waals surface area contributed by atoms with Gasteiger partial charge in [-0.15, -0.1) is 0 Å². The predicted octanol–water partition coefficient (Wildman–Crippen LogP) is 2.69. The summed E-state index contributed by atoms with van der Waals surface area (Å²) in [6, 6.07) is 7.58. The first-order chi connectivity index (χ1) is 11.6. The lowest BCUT2D eigenvalue weighted by Crippen LogP contribution is -2.40. The molecule has 24 heavy (non-hydrogen) atoms. The predicted molar refractivity (Wildman–Crippen MR) is 91.5 cm³/mol. The van der Waals surface area contributed by atoms with Crippen molar-refractivity contribution in [2.75, 3.05) is 18.1 Å². The molecule has 3 aliphatic rings. The minimum absolute atomic E-state index is 0.0767. The number of para-hydroxylation sites is 1. The molecule has 0 N–H and O–H groups in total. The van der Waals surface area contributed by atoms with Gasteiger partial charge in [-0.25, -0.2) is 0 Å². The molecule has 3 heterocycles. The lowest BCUT2D eigenvalue weighted by Gasteiger charge is -2.22. The summed E-state index contributed by atoms with van der Waals surface area (Å²) in [5, 5.41) is 0. The Morgan fingerprint density at radius 2 is 2.25 bits per heavy atom. The van der Waals surface area contributed by atoms with Crippen molar-refractivity contribution in [3.63, 3.8) is 0 Å². The number of nitrogens with zero attached hydrogens (tertiary/aromatic N) is 1. The summed E-state index contributed by atoms with van der Waals surface area (Å²) in [7, 11) is 0. The molecule has 1 spiro atoms. The lowest BCUT2D eigenvalue weighted by molar-refractivity contribution is -0.152. The van der Waals surface area contributed by atoms with Gasteiger partial charge in [-0.3, -0.25) is 9.59 Å².